The van der Waals surface area contributed by atoms with Crippen molar-refractivity contribution in [2.24, 2.45) is 10.8 Å². The molecule has 3 rings (SSSR count). The fourth-order valence-electron chi connectivity index (χ4n) is 3.76. The molecule has 2 heterocycles. The second kappa shape index (κ2) is 4.43. The lowest BCUT2D eigenvalue weighted by Crippen LogP contribution is -2.67. The van der Waals surface area contributed by atoms with Gasteiger partial charge in [-0.25, -0.2) is 0 Å². The van der Waals surface area contributed by atoms with Crippen molar-refractivity contribution in [1.82, 2.24) is 10.2 Å². The maximum absolute atomic E-state index is 12.6. The number of nitrogens with zero attached hydrogens (tertiary/aromatic N) is 1. The summed E-state index contributed by atoms with van der Waals surface area (Å²) in [7, 11) is 0. The van der Waals surface area contributed by atoms with E-state index < -0.39 is 0 Å². The summed E-state index contributed by atoms with van der Waals surface area (Å²) in [6.45, 7) is 8.51. The van der Waals surface area contributed by atoms with Gasteiger partial charge in [-0.3, -0.25) is 9.69 Å². The second-order valence-electron chi connectivity index (χ2n) is 6.68. The first-order valence-corrected chi connectivity index (χ1v) is 7.04. The standard InChI is InChI=1S/C16H22N2O/c1-15-9-17-10-16(2,14(15)19)12-18(11-15)8-13-6-4-3-5-7-13/h3-7,17H,8-12H2,1-2H3/t15-,16-/m0/s1. The van der Waals surface area contributed by atoms with Crippen LogP contribution in [-0.4, -0.2) is 36.9 Å². The third-order valence-electron chi connectivity index (χ3n) is 4.52. The van der Waals surface area contributed by atoms with Crippen molar-refractivity contribution in [3.8, 4) is 0 Å². The van der Waals surface area contributed by atoms with Crippen LogP contribution in [0.1, 0.15) is 19.4 Å². The largest absolute Gasteiger partial charge is 0.315 e. The molecule has 0 aromatic heterocycles. The van der Waals surface area contributed by atoms with E-state index in [1.165, 1.54) is 5.56 Å². The lowest BCUT2D eigenvalue weighted by Gasteiger charge is -2.52. The summed E-state index contributed by atoms with van der Waals surface area (Å²) in [5, 5.41) is 3.44. The van der Waals surface area contributed by atoms with Gasteiger partial charge < -0.3 is 5.32 Å². The lowest BCUT2D eigenvalue weighted by atomic mass is 9.65. The van der Waals surface area contributed by atoms with E-state index in [0.717, 1.165) is 32.7 Å². The average Bonchev–Trinajstić information content (AvgIpc) is 2.35. The van der Waals surface area contributed by atoms with E-state index in [9.17, 15) is 4.79 Å². The van der Waals surface area contributed by atoms with Crippen LogP contribution >= 0.6 is 0 Å². The smallest absolute Gasteiger partial charge is 0.149 e. The molecule has 102 valence electrons. The van der Waals surface area contributed by atoms with Gasteiger partial charge in [0.15, 0.2) is 0 Å². The van der Waals surface area contributed by atoms with E-state index in [1.54, 1.807) is 0 Å². The molecule has 2 saturated heterocycles. The van der Waals surface area contributed by atoms with Crippen LogP contribution in [0.4, 0.5) is 0 Å². The first-order chi connectivity index (χ1) is 9.02. The molecule has 0 unspecified atom stereocenters. The fourth-order valence-corrected chi connectivity index (χ4v) is 3.76. The van der Waals surface area contributed by atoms with E-state index >= 15 is 0 Å². The van der Waals surface area contributed by atoms with Crippen molar-refractivity contribution in [3.63, 3.8) is 0 Å². The molecule has 2 atom stereocenters. The van der Waals surface area contributed by atoms with Crippen LogP contribution in [0.25, 0.3) is 0 Å². The Kier molecular flexibility index (Phi) is 2.99. The van der Waals surface area contributed by atoms with Gasteiger partial charge in [0, 0.05) is 32.7 Å². The molecule has 0 aliphatic carbocycles. The molecule has 2 aliphatic heterocycles. The number of fused-ring (bicyclic) bond motifs is 2. The first kappa shape index (κ1) is 12.8. The summed E-state index contributed by atoms with van der Waals surface area (Å²) in [5.41, 5.74) is 0.884. The van der Waals surface area contributed by atoms with Gasteiger partial charge in [0.05, 0.1) is 10.8 Å². The highest BCUT2D eigenvalue weighted by atomic mass is 16.1. The topological polar surface area (TPSA) is 32.3 Å². The van der Waals surface area contributed by atoms with Gasteiger partial charge in [0.25, 0.3) is 0 Å². The van der Waals surface area contributed by atoms with Crippen molar-refractivity contribution in [1.29, 1.82) is 0 Å². The van der Waals surface area contributed by atoms with Crippen molar-refractivity contribution >= 4 is 5.78 Å². The Morgan fingerprint density at radius 1 is 1.11 bits per heavy atom. The number of carbonyl (C=O) groups is 1. The number of Topliss-reactive ketones (excluding diaryl/α,β-unsaturated/α-hetero) is 1. The molecule has 2 aliphatic rings. The van der Waals surface area contributed by atoms with Crippen LogP contribution < -0.4 is 5.32 Å². The lowest BCUT2D eigenvalue weighted by molar-refractivity contribution is -0.150. The van der Waals surface area contributed by atoms with E-state index in [4.69, 9.17) is 0 Å². The maximum atomic E-state index is 12.6. The zero-order valence-electron chi connectivity index (χ0n) is 11.8. The molecule has 1 N–H and O–H groups in total. The molecule has 2 bridgehead atoms. The highest BCUT2D eigenvalue weighted by Gasteiger charge is 2.53. The Bertz CT molecular complexity index is 465. The van der Waals surface area contributed by atoms with Gasteiger partial charge in [0.1, 0.15) is 5.78 Å². The van der Waals surface area contributed by atoms with Crippen LogP contribution in [0.2, 0.25) is 0 Å². The summed E-state index contributed by atoms with van der Waals surface area (Å²) >= 11 is 0. The second-order valence-corrected chi connectivity index (χ2v) is 6.68. The number of piperidine rings is 2. The Balaban J connectivity index is 1.81. The Labute approximate surface area is 115 Å². The summed E-state index contributed by atoms with van der Waals surface area (Å²) < 4.78 is 0. The number of likely N-dealkylation sites (tertiary alicyclic amines) is 1. The number of ketones is 1. The number of hydrogen-bond donors (Lipinski definition) is 1. The van der Waals surface area contributed by atoms with E-state index in [1.807, 2.05) is 6.07 Å². The minimum atomic E-state index is -0.222. The fraction of sp³-hybridized carbons (Fsp3) is 0.562. The third kappa shape index (κ3) is 2.21. The van der Waals surface area contributed by atoms with Crippen molar-refractivity contribution in [2.75, 3.05) is 26.2 Å². The molecule has 0 radical (unpaired) electrons. The van der Waals surface area contributed by atoms with Crippen LogP contribution in [0.5, 0.6) is 0 Å². The highest BCUT2D eigenvalue weighted by molar-refractivity contribution is 5.92. The van der Waals surface area contributed by atoms with Crippen molar-refractivity contribution in [3.05, 3.63) is 35.9 Å². The normalized spacial score (nSPS) is 35.4. The zero-order chi connectivity index (χ0) is 13.5. The number of rotatable bonds is 2. The maximum Gasteiger partial charge on any atom is 0.149 e. The summed E-state index contributed by atoms with van der Waals surface area (Å²) in [4.78, 5) is 15.0. The Morgan fingerprint density at radius 2 is 1.68 bits per heavy atom. The number of carbonyl (C=O) groups excluding carboxylic acids is 1. The average molecular weight is 258 g/mol. The van der Waals surface area contributed by atoms with Gasteiger partial charge in [-0.2, -0.15) is 0 Å². The van der Waals surface area contributed by atoms with Crippen molar-refractivity contribution in [2.45, 2.75) is 20.4 Å². The summed E-state index contributed by atoms with van der Waals surface area (Å²) in [6.07, 6.45) is 0. The molecule has 1 aromatic carbocycles. The predicted octanol–water partition coefficient (Wildman–Crippen LogP) is 1.69. The molecular formula is C16H22N2O. The minimum Gasteiger partial charge on any atom is -0.315 e. The van der Waals surface area contributed by atoms with Crippen molar-refractivity contribution < 1.29 is 4.79 Å². The molecular weight excluding hydrogens is 236 g/mol. The predicted molar refractivity (Wildman–Crippen MR) is 75.8 cm³/mol. The molecule has 0 saturated carbocycles. The van der Waals surface area contributed by atoms with E-state index in [0.29, 0.717) is 5.78 Å². The molecule has 3 heteroatoms. The Morgan fingerprint density at radius 3 is 2.26 bits per heavy atom. The van der Waals surface area contributed by atoms with E-state index in [-0.39, 0.29) is 10.8 Å². The van der Waals surface area contributed by atoms with Crippen LogP contribution in [0.15, 0.2) is 30.3 Å². The molecule has 2 fully saturated rings. The van der Waals surface area contributed by atoms with Gasteiger partial charge in [-0.15, -0.1) is 0 Å². The van der Waals surface area contributed by atoms with Crippen LogP contribution in [0.3, 0.4) is 0 Å². The number of hydrogen-bond acceptors (Lipinski definition) is 3. The first-order valence-electron chi connectivity index (χ1n) is 7.04. The minimum absolute atomic E-state index is 0.222. The molecule has 19 heavy (non-hydrogen) atoms. The van der Waals surface area contributed by atoms with Gasteiger partial charge in [0.2, 0.25) is 0 Å². The van der Waals surface area contributed by atoms with Gasteiger partial charge in [-0.1, -0.05) is 44.2 Å². The Hall–Kier alpha value is -1.19. The van der Waals surface area contributed by atoms with Crippen LogP contribution in [0, 0.1) is 10.8 Å². The summed E-state index contributed by atoms with van der Waals surface area (Å²) in [6, 6.07) is 10.5. The van der Waals surface area contributed by atoms with E-state index in [2.05, 4.69) is 48.3 Å². The van der Waals surface area contributed by atoms with Gasteiger partial charge in [-0.05, 0) is 5.56 Å². The molecule has 0 spiro atoms. The van der Waals surface area contributed by atoms with Gasteiger partial charge >= 0.3 is 0 Å². The highest BCUT2D eigenvalue weighted by Crippen LogP contribution is 2.39. The molecule has 1 aromatic rings. The molecule has 0 amide bonds. The SMILES string of the molecule is C[C@]12CNC[C@@](C)(CN(Cc3ccccc3)C1)C2=O. The summed E-state index contributed by atoms with van der Waals surface area (Å²) in [5.74, 6) is 0.447. The zero-order valence-corrected chi connectivity index (χ0v) is 11.8. The van der Waals surface area contributed by atoms with Crippen LogP contribution in [-0.2, 0) is 11.3 Å². The quantitative estimate of drug-likeness (QED) is 0.876. The number of benzene rings is 1. The third-order valence-corrected chi connectivity index (χ3v) is 4.52. The monoisotopic (exact) mass is 258 g/mol. The number of nitrogens with one attached hydrogen (secondary N) is 1. The molecule has 3 nitrogen and oxygen atoms in total.